The first-order valence-corrected chi connectivity index (χ1v) is 10.4. The van der Waals surface area contributed by atoms with Crippen molar-refractivity contribution in [1.29, 1.82) is 0 Å². The quantitative estimate of drug-likeness (QED) is 0.448. The summed E-state index contributed by atoms with van der Waals surface area (Å²) in [6.45, 7) is 9.46. The zero-order valence-corrected chi connectivity index (χ0v) is 17.3. The van der Waals surface area contributed by atoms with Gasteiger partial charge in [-0.2, -0.15) is 0 Å². The van der Waals surface area contributed by atoms with Crippen LogP contribution in [0.15, 0.2) is 47.8 Å². The highest BCUT2D eigenvalue weighted by Gasteiger charge is 2.37. The lowest BCUT2D eigenvalue weighted by Crippen LogP contribution is -2.33. The van der Waals surface area contributed by atoms with Crippen molar-refractivity contribution in [1.82, 2.24) is 4.98 Å². The highest BCUT2D eigenvalue weighted by Crippen LogP contribution is 2.46. The van der Waals surface area contributed by atoms with Crippen LogP contribution in [0.3, 0.4) is 0 Å². The Labute approximate surface area is 165 Å². The fourth-order valence-electron chi connectivity index (χ4n) is 3.88. The normalized spacial score (nSPS) is 17.7. The number of hydrogen-bond donors (Lipinski definition) is 0. The average molecular weight is 382 g/mol. The molecule has 0 spiro atoms. The van der Waals surface area contributed by atoms with Gasteiger partial charge in [0.15, 0.2) is 0 Å². The third-order valence-electron chi connectivity index (χ3n) is 5.74. The van der Waals surface area contributed by atoms with Crippen LogP contribution < -0.4 is 0 Å². The molecule has 3 aromatic rings. The number of hydrogen-bond acceptors (Lipinski definition) is 2. The summed E-state index contributed by atoms with van der Waals surface area (Å²) >= 11 is 7.69. The van der Waals surface area contributed by atoms with Crippen LogP contribution in [0.1, 0.15) is 51.7 Å². The molecule has 0 radical (unpaired) electrons. The molecular formula is C23H24ClNS. The van der Waals surface area contributed by atoms with Crippen molar-refractivity contribution in [2.75, 3.05) is 0 Å². The summed E-state index contributed by atoms with van der Waals surface area (Å²) in [7, 11) is 0. The second-order valence-corrected chi connectivity index (χ2v) is 9.87. The summed E-state index contributed by atoms with van der Waals surface area (Å²) in [4.78, 5) is 4.89. The lowest BCUT2D eigenvalue weighted by Gasteiger charge is -2.42. The van der Waals surface area contributed by atoms with E-state index in [4.69, 9.17) is 16.6 Å². The number of halogens is 1. The topological polar surface area (TPSA) is 12.9 Å². The molecule has 0 saturated carbocycles. The maximum Gasteiger partial charge on any atom is 0.124 e. The molecule has 0 atom stereocenters. The molecule has 0 unspecified atom stereocenters. The highest BCUT2D eigenvalue weighted by atomic mass is 35.5. The van der Waals surface area contributed by atoms with Crippen molar-refractivity contribution in [2.45, 2.75) is 51.4 Å². The Morgan fingerprint density at radius 2 is 1.46 bits per heavy atom. The largest absolute Gasteiger partial charge is 0.236 e. The number of nitrogens with zero attached hydrogens (tertiary/aromatic N) is 1. The lowest BCUT2D eigenvalue weighted by atomic mass is 9.63. The van der Waals surface area contributed by atoms with Crippen LogP contribution >= 0.6 is 22.9 Å². The molecule has 1 aromatic heterocycles. The third-order valence-corrected chi connectivity index (χ3v) is 6.89. The minimum Gasteiger partial charge on any atom is -0.236 e. The van der Waals surface area contributed by atoms with E-state index in [9.17, 15) is 0 Å². The van der Waals surface area contributed by atoms with E-state index < -0.39 is 0 Å². The Bertz CT molecular complexity index is 951. The van der Waals surface area contributed by atoms with Crippen LogP contribution in [0.2, 0.25) is 5.02 Å². The molecule has 26 heavy (non-hydrogen) atoms. The zero-order chi connectivity index (χ0) is 18.5. The molecule has 2 aromatic carbocycles. The van der Waals surface area contributed by atoms with Crippen molar-refractivity contribution in [3.63, 3.8) is 0 Å². The summed E-state index contributed by atoms with van der Waals surface area (Å²) in [5.74, 6) is 0. The van der Waals surface area contributed by atoms with Gasteiger partial charge in [0.1, 0.15) is 5.01 Å². The highest BCUT2D eigenvalue weighted by molar-refractivity contribution is 7.13. The summed E-state index contributed by atoms with van der Waals surface area (Å²) in [6, 6.07) is 14.8. The summed E-state index contributed by atoms with van der Waals surface area (Å²) in [5.41, 5.74) is 6.83. The van der Waals surface area contributed by atoms with Gasteiger partial charge in [0.05, 0.1) is 5.69 Å². The van der Waals surface area contributed by atoms with Crippen molar-refractivity contribution >= 4 is 22.9 Å². The molecule has 1 aliphatic rings. The second kappa shape index (κ2) is 6.21. The maximum absolute atomic E-state index is 6.00. The third kappa shape index (κ3) is 3.10. The Balaban J connectivity index is 1.75. The van der Waals surface area contributed by atoms with Gasteiger partial charge in [-0.25, -0.2) is 4.98 Å². The van der Waals surface area contributed by atoms with Gasteiger partial charge in [0, 0.05) is 21.5 Å². The van der Waals surface area contributed by atoms with Gasteiger partial charge in [-0.1, -0.05) is 63.6 Å². The first kappa shape index (κ1) is 17.8. The van der Waals surface area contributed by atoms with Gasteiger partial charge in [-0.15, -0.1) is 11.3 Å². The molecular weight excluding hydrogens is 358 g/mol. The molecule has 1 heterocycles. The first-order valence-electron chi connectivity index (χ1n) is 9.13. The van der Waals surface area contributed by atoms with E-state index in [0.29, 0.717) is 0 Å². The first-order chi connectivity index (χ1) is 12.3. The zero-order valence-electron chi connectivity index (χ0n) is 15.8. The fraction of sp³-hybridized carbons (Fsp3) is 0.348. The second-order valence-electron chi connectivity index (χ2n) is 8.57. The van der Waals surface area contributed by atoms with Crippen LogP contribution in [0.25, 0.3) is 21.8 Å². The monoisotopic (exact) mass is 381 g/mol. The van der Waals surface area contributed by atoms with E-state index in [0.717, 1.165) is 21.3 Å². The number of thiazole rings is 1. The number of fused-ring (bicyclic) bond motifs is 1. The van der Waals surface area contributed by atoms with Crippen LogP contribution in [0, 0.1) is 0 Å². The van der Waals surface area contributed by atoms with Gasteiger partial charge in [-0.05, 0) is 53.0 Å². The number of benzene rings is 2. The summed E-state index contributed by atoms with van der Waals surface area (Å²) < 4.78 is 0. The summed E-state index contributed by atoms with van der Waals surface area (Å²) in [6.07, 6.45) is 2.47. The Morgan fingerprint density at radius 1 is 0.846 bits per heavy atom. The Morgan fingerprint density at radius 3 is 2.15 bits per heavy atom. The predicted molar refractivity (Wildman–Crippen MR) is 113 cm³/mol. The molecule has 134 valence electrons. The van der Waals surface area contributed by atoms with Crippen LogP contribution in [0.5, 0.6) is 0 Å². The van der Waals surface area contributed by atoms with Gasteiger partial charge in [-0.3, -0.25) is 0 Å². The van der Waals surface area contributed by atoms with Crippen molar-refractivity contribution in [3.05, 3.63) is 64.0 Å². The van der Waals surface area contributed by atoms with E-state index in [1.54, 1.807) is 11.3 Å². The van der Waals surface area contributed by atoms with Crippen LogP contribution in [-0.4, -0.2) is 4.98 Å². The van der Waals surface area contributed by atoms with E-state index in [2.05, 4.69) is 51.3 Å². The molecule has 0 saturated heterocycles. The molecule has 0 aliphatic heterocycles. The van der Waals surface area contributed by atoms with Gasteiger partial charge in [0.25, 0.3) is 0 Å². The van der Waals surface area contributed by atoms with Gasteiger partial charge < -0.3 is 0 Å². The van der Waals surface area contributed by atoms with E-state index in [1.807, 2.05) is 24.3 Å². The minimum absolute atomic E-state index is 0.218. The molecule has 1 nitrogen and oxygen atoms in total. The van der Waals surface area contributed by atoms with Gasteiger partial charge in [0.2, 0.25) is 0 Å². The average Bonchev–Trinajstić information content (AvgIpc) is 3.09. The van der Waals surface area contributed by atoms with Crippen molar-refractivity contribution in [3.8, 4) is 21.8 Å². The summed E-state index contributed by atoms with van der Waals surface area (Å²) in [5, 5.41) is 3.95. The molecule has 0 fully saturated rings. The fourth-order valence-corrected chi connectivity index (χ4v) is 4.84. The smallest absolute Gasteiger partial charge is 0.124 e. The SMILES string of the molecule is CC1(C)CCC(C)(C)c2cc(-c3csc(-c4ccc(Cl)cc4)n3)ccc21. The van der Waals surface area contributed by atoms with E-state index in [-0.39, 0.29) is 10.8 Å². The minimum atomic E-state index is 0.218. The van der Waals surface area contributed by atoms with Crippen molar-refractivity contribution in [2.24, 2.45) is 0 Å². The van der Waals surface area contributed by atoms with Gasteiger partial charge >= 0.3 is 0 Å². The lowest BCUT2D eigenvalue weighted by molar-refractivity contribution is 0.332. The molecule has 4 rings (SSSR count). The standard InChI is InChI=1S/C23H24ClNS/c1-22(2)11-12-23(3,4)19-13-16(7-10-18(19)22)20-14-26-21(25-20)15-5-8-17(24)9-6-15/h5-10,13-14H,11-12H2,1-4H3. The Kier molecular flexibility index (Phi) is 4.24. The maximum atomic E-state index is 6.00. The van der Waals surface area contributed by atoms with Crippen molar-refractivity contribution < 1.29 is 0 Å². The van der Waals surface area contributed by atoms with E-state index >= 15 is 0 Å². The molecule has 3 heteroatoms. The Hall–Kier alpha value is -1.64. The number of aromatic nitrogens is 1. The van der Waals surface area contributed by atoms with E-state index in [1.165, 1.54) is 29.5 Å². The molecule has 0 N–H and O–H groups in total. The molecule has 0 bridgehead atoms. The molecule has 1 aliphatic carbocycles. The van der Waals surface area contributed by atoms with Crippen LogP contribution in [-0.2, 0) is 10.8 Å². The number of rotatable bonds is 2. The predicted octanol–water partition coefficient (Wildman–Crippen LogP) is 7.48. The van der Waals surface area contributed by atoms with Crippen LogP contribution in [0.4, 0.5) is 0 Å². The molecule has 0 amide bonds.